The number of nitriles is 1. The Morgan fingerprint density at radius 2 is 2.09 bits per heavy atom. The first-order valence-corrected chi connectivity index (χ1v) is 10.4. The first-order valence-electron chi connectivity index (χ1n) is 6.12. The van der Waals surface area contributed by atoms with Crippen LogP contribution >= 0.6 is 11.8 Å². The van der Waals surface area contributed by atoms with Gasteiger partial charge >= 0.3 is 29.6 Å². The molecule has 0 aromatic heterocycles. The van der Waals surface area contributed by atoms with Crippen molar-refractivity contribution in [1.82, 2.24) is 4.90 Å². The van der Waals surface area contributed by atoms with Crippen LogP contribution in [0.3, 0.4) is 0 Å². The van der Waals surface area contributed by atoms with Crippen LogP contribution in [0, 0.1) is 11.3 Å². The smallest absolute Gasteiger partial charge is 0.748 e. The Morgan fingerprint density at radius 1 is 1.48 bits per heavy atom. The molecule has 0 bridgehead atoms. The predicted molar refractivity (Wildman–Crippen MR) is 83.8 cm³/mol. The van der Waals surface area contributed by atoms with Crippen molar-refractivity contribution >= 4 is 31.7 Å². The molecule has 1 aliphatic rings. The van der Waals surface area contributed by atoms with Crippen LogP contribution in [-0.4, -0.2) is 44.3 Å². The summed E-state index contributed by atoms with van der Waals surface area (Å²) in [5.74, 6) is 0. The van der Waals surface area contributed by atoms with Crippen molar-refractivity contribution in [3.05, 3.63) is 33.7 Å². The van der Waals surface area contributed by atoms with Gasteiger partial charge in [-0.05, 0) is 30.9 Å². The second-order valence-electron chi connectivity index (χ2n) is 4.61. The molecule has 0 spiro atoms. The standard InChI is InChI=1S/C12H16N2O5S3.Na/c1-10(22(17,18)19)5-6-14-7-8-20-12(14)4-3-11(9-13)21(2,15)16;/h3-4,7-8,10H,5-6H2,1-2H3,(H,17,18,19);/q;+1/p-1. The summed E-state index contributed by atoms with van der Waals surface area (Å²) in [5, 5.41) is 10.2. The van der Waals surface area contributed by atoms with Gasteiger partial charge in [-0.2, -0.15) is 5.26 Å². The molecule has 0 radical (unpaired) electrons. The Bertz CT molecular complexity index is 763. The molecule has 0 saturated heterocycles. The van der Waals surface area contributed by atoms with E-state index in [1.165, 1.54) is 30.8 Å². The van der Waals surface area contributed by atoms with Crippen LogP contribution in [0.15, 0.2) is 33.7 Å². The minimum Gasteiger partial charge on any atom is -0.748 e. The van der Waals surface area contributed by atoms with Crippen molar-refractivity contribution in [3.63, 3.8) is 0 Å². The molecule has 0 aromatic carbocycles. The normalized spacial score (nSPS) is 18.6. The third-order valence-corrected chi connectivity index (χ3v) is 5.99. The third-order valence-electron chi connectivity index (χ3n) is 2.87. The molecule has 0 fully saturated rings. The van der Waals surface area contributed by atoms with Gasteiger partial charge in [0.05, 0.1) is 15.1 Å². The summed E-state index contributed by atoms with van der Waals surface area (Å²) in [7, 11) is -7.91. The molecule has 0 amide bonds. The number of hydrogen-bond donors (Lipinski definition) is 0. The average molecular weight is 386 g/mol. The van der Waals surface area contributed by atoms with E-state index in [9.17, 15) is 21.4 Å². The molecule has 122 valence electrons. The van der Waals surface area contributed by atoms with Crippen LogP contribution in [0.1, 0.15) is 13.3 Å². The van der Waals surface area contributed by atoms with Crippen LogP contribution in [0.4, 0.5) is 0 Å². The van der Waals surface area contributed by atoms with Crippen LogP contribution in [-0.2, 0) is 20.0 Å². The van der Waals surface area contributed by atoms with Crippen LogP contribution in [0.25, 0.3) is 0 Å². The first-order chi connectivity index (χ1) is 10.1. The molecule has 7 nitrogen and oxygen atoms in total. The quantitative estimate of drug-likeness (QED) is 0.296. The van der Waals surface area contributed by atoms with E-state index in [1.807, 2.05) is 0 Å². The molecule has 23 heavy (non-hydrogen) atoms. The Labute approximate surface area is 163 Å². The number of thioether (sulfide) groups is 1. The van der Waals surface area contributed by atoms with Gasteiger partial charge in [-0.3, -0.25) is 0 Å². The van der Waals surface area contributed by atoms with Gasteiger partial charge in [0.1, 0.15) is 11.0 Å². The second kappa shape index (κ2) is 9.27. The molecule has 0 N–H and O–H groups in total. The summed E-state index contributed by atoms with van der Waals surface area (Å²) in [5.41, 5.74) is 0. The van der Waals surface area contributed by atoms with Gasteiger partial charge in [0.25, 0.3) is 0 Å². The average Bonchev–Trinajstić information content (AvgIpc) is 2.81. The van der Waals surface area contributed by atoms with E-state index in [-0.39, 0.29) is 40.9 Å². The molecular weight excluding hydrogens is 371 g/mol. The Balaban J connectivity index is 0.00000484. The van der Waals surface area contributed by atoms with E-state index in [0.29, 0.717) is 11.6 Å². The first kappa shape index (κ1) is 22.7. The van der Waals surface area contributed by atoms with E-state index in [1.54, 1.807) is 22.6 Å². The van der Waals surface area contributed by atoms with Crippen molar-refractivity contribution in [3.8, 4) is 6.07 Å². The van der Waals surface area contributed by atoms with Crippen LogP contribution < -0.4 is 29.6 Å². The van der Waals surface area contributed by atoms with E-state index in [0.717, 1.165) is 6.26 Å². The van der Waals surface area contributed by atoms with E-state index >= 15 is 0 Å². The minimum absolute atomic E-state index is 0. The van der Waals surface area contributed by atoms with Gasteiger partial charge in [-0.25, -0.2) is 16.8 Å². The number of hydrogen-bond acceptors (Lipinski definition) is 8. The summed E-state index contributed by atoms with van der Waals surface area (Å²) in [4.78, 5) is 1.34. The zero-order chi connectivity index (χ0) is 17.0. The molecule has 1 heterocycles. The predicted octanol–water partition coefficient (Wildman–Crippen LogP) is -1.87. The molecule has 0 aromatic rings. The molecule has 0 saturated carbocycles. The number of allylic oxidation sites excluding steroid dienone is 3. The largest absolute Gasteiger partial charge is 1.00 e. The van der Waals surface area contributed by atoms with E-state index < -0.39 is 25.2 Å². The maximum atomic E-state index is 11.3. The van der Waals surface area contributed by atoms with Crippen molar-refractivity contribution in [1.29, 1.82) is 5.26 Å². The molecule has 1 unspecified atom stereocenters. The maximum absolute atomic E-state index is 11.3. The van der Waals surface area contributed by atoms with Crippen molar-refractivity contribution in [2.24, 2.45) is 0 Å². The summed E-state index contributed by atoms with van der Waals surface area (Å²) in [6.07, 6.45) is 5.46. The number of nitrogens with zero attached hydrogens (tertiary/aromatic N) is 2. The number of sulfone groups is 1. The van der Waals surface area contributed by atoms with Gasteiger partial charge in [0.2, 0.25) is 0 Å². The van der Waals surface area contributed by atoms with E-state index in [4.69, 9.17) is 5.26 Å². The molecule has 1 rings (SSSR count). The molecule has 1 atom stereocenters. The Morgan fingerprint density at radius 3 is 2.57 bits per heavy atom. The fourth-order valence-electron chi connectivity index (χ4n) is 1.49. The molecular formula is C12H15N2NaO5S3. The Kier molecular flexibility index (Phi) is 9.15. The topological polar surface area (TPSA) is 118 Å². The van der Waals surface area contributed by atoms with Gasteiger partial charge in [0.15, 0.2) is 9.84 Å². The summed E-state index contributed by atoms with van der Waals surface area (Å²) in [6.45, 7) is 1.64. The van der Waals surface area contributed by atoms with Crippen LogP contribution in [0.5, 0.6) is 0 Å². The Hall–Kier alpha value is -0.280. The van der Waals surface area contributed by atoms with E-state index in [2.05, 4.69) is 0 Å². The third kappa shape index (κ3) is 7.43. The van der Waals surface area contributed by atoms with Crippen molar-refractivity contribution < 1.29 is 50.9 Å². The van der Waals surface area contributed by atoms with Gasteiger partial charge < -0.3 is 9.45 Å². The zero-order valence-electron chi connectivity index (χ0n) is 13.0. The monoisotopic (exact) mass is 386 g/mol. The van der Waals surface area contributed by atoms with Crippen LogP contribution in [0.2, 0.25) is 0 Å². The maximum Gasteiger partial charge on any atom is 1.00 e. The van der Waals surface area contributed by atoms with Crippen molar-refractivity contribution in [2.45, 2.75) is 18.6 Å². The number of rotatable bonds is 6. The fourth-order valence-corrected chi connectivity index (χ4v) is 3.15. The SMILES string of the molecule is CC(CCN1C=CSC1=CC=C(C#N)S(C)(=O)=O)S(=O)(=O)[O-].[Na+]. The second-order valence-corrected chi connectivity index (χ2v) is 9.31. The molecule has 0 aliphatic carbocycles. The van der Waals surface area contributed by atoms with Gasteiger partial charge in [-0.15, -0.1) is 0 Å². The van der Waals surface area contributed by atoms with Crippen molar-refractivity contribution in [2.75, 3.05) is 12.8 Å². The molecule has 11 heteroatoms. The minimum atomic E-state index is -4.32. The zero-order valence-corrected chi connectivity index (χ0v) is 17.4. The summed E-state index contributed by atoms with van der Waals surface area (Å²) >= 11 is 1.30. The summed E-state index contributed by atoms with van der Waals surface area (Å²) in [6, 6.07) is 1.61. The van der Waals surface area contributed by atoms with Gasteiger partial charge in [0, 0.05) is 24.3 Å². The van der Waals surface area contributed by atoms with Gasteiger partial charge in [-0.1, -0.05) is 11.8 Å². The summed E-state index contributed by atoms with van der Waals surface area (Å²) < 4.78 is 55.2. The molecule has 1 aliphatic heterocycles. The fraction of sp³-hybridized carbons (Fsp3) is 0.417.